The van der Waals surface area contributed by atoms with E-state index in [9.17, 15) is 5.11 Å². The van der Waals surface area contributed by atoms with Gasteiger partial charge in [-0.1, -0.05) is 24.4 Å². The maximum Gasteiger partial charge on any atom is 0.0462 e. The van der Waals surface area contributed by atoms with Gasteiger partial charge >= 0.3 is 0 Å². The Labute approximate surface area is 108 Å². The molecule has 1 aliphatic carbocycles. The van der Waals surface area contributed by atoms with Crippen LogP contribution in [0, 0.1) is 11.8 Å². The van der Waals surface area contributed by atoms with Crippen LogP contribution in [-0.4, -0.2) is 18.3 Å². The molecule has 1 saturated carbocycles. The molecule has 3 heteroatoms. The predicted molar refractivity (Wildman–Crippen MR) is 72.5 cm³/mol. The third kappa shape index (κ3) is 3.62. The van der Waals surface area contributed by atoms with Gasteiger partial charge in [0.25, 0.3) is 0 Å². The summed E-state index contributed by atoms with van der Waals surface area (Å²) in [5.74, 6) is 1.08. The van der Waals surface area contributed by atoms with Crippen molar-refractivity contribution in [2.75, 3.05) is 18.5 Å². The highest BCUT2D eigenvalue weighted by molar-refractivity contribution is 6.30. The second kappa shape index (κ2) is 6.27. The van der Waals surface area contributed by atoms with Crippen LogP contribution in [0.25, 0.3) is 0 Å². The summed E-state index contributed by atoms with van der Waals surface area (Å²) >= 11 is 5.85. The molecule has 94 valence electrons. The van der Waals surface area contributed by atoms with Crippen molar-refractivity contribution in [2.24, 2.45) is 11.8 Å². The summed E-state index contributed by atoms with van der Waals surface area (Å²) in [7, 11) is 0. The average Bonchev–Trinajstić information content (AvgIpc) is 2.38. The lowest BCUT2D eigenvalue weighted by Crippen LogP contribution is -2.28. The van der Waals surface area contributed by atoms with E-state index in [1.165, 1.54) is 25.7 Å². The second-order valence-electron chi connectivity index (χ2n) is 4.87. The molecule has 0 aliphatic heterocycles. The molecule has 1 aromatic rings. The van der Waals surface area contributed by atoms with Crippen LogP contribution >= 0.6 is 11.6 Å². The Bertz CT molecular complexity index is 339. The lowest BCUT2D eigenvalue weighted by Gasteiger charge is -2.30. The van der Waals surface area contributed by atoms with E-state index >= 15 is 0 Å². The number of halogens is 1. The van der Waals surface area contributed by atoms with Gasteiger partial charge in [0.15, 0.2) is 0 Å². The lowest BCUT2D eigenvalue weighted by molar-refractivity contribution is 0.141. The fraction of sp³-hybridized carbons (Fsp3) is 0.571. The van der Waals surface area contributed by atoms with Crippen LogP contribution in [0.1, 0.15) is 25.7 Å². The Hall–Kier alpha value is -0.730. The van der Waals surface area contributed by atoms with Crippen LogP contribution in [0.5, 0.6) is 0 Å². The third-order valence-electron chi connectivity index (χ3n) is 3.71. The Morgan fingerprint density at radius 3 is 2.41 bits per heavy atom. The number of aliphatic hydroxyl groups is 1. The molecule has 2 nitrogen and oxygen atoms in total. The molecule has 2 atom stereocenters. The molecule has 2 unspecified atom stereocenters. The largest absolute Gasteiger partial charge is 0.396 e. The number of hydrogen-bond acceptors (Lipinski definition) is 2. The van der Waals surface area contributed by atoms with Gasteiger partial charge in [-0.25, -0.2) is 0 Å². The first-order chi connectivity index (χ1) is 8.29. The van der Waals surface area contributed by atoms with Crippen molar-refractivity contribution in [3.8, 4) is 0 Å². The molecule has 0 saturated heterocycles. The van der Waals surface area contributed by atoms with Crippen LogP contribution in [-0.2, 0) is 0 Å². The quantitative estimate of drug-likeness (QED) is 0.860. The van der Waals surface area contributed by atoms with E-state index in [-0.39, 0.29) is 0 Å². The van der Waals surface area contributed by atoms with Crippen molar-refractivity contribution in [1.29, 1.82) is 0 Å². The number of anilines is 1. The first kappa shape index (κ1) is 12.7. The third-order valence-corrected chi connectivity index (χ3v) is 3.97. The highest BCUT2D eigenvalue weighted by Crippen LogP contribution is 2.29. The topological polar surface area (TPSA) is 32.3 Å². The Balaban J connectivity index is 1.86. The van der Waals surface area contributed by atoms with Gasteiger partial charge in [-0.2, -0.15) is 0 Å². The summed E-state index contributed by atoms with van der Waals surface area (Å²) in [4.78, 5) is 0. The van der Waals surface area contributed by atoms with Gasteiger partial charge in [-0.05, 0) is 48.9 Å². The molecule has 2 rings (SSSR count). The summed E-state index contributed by atoms with van der Waals surface area (Å²) in [6.07, 6.45) is 4.96. The number of aliphatic hydroxyl groups excluding tert-OH is 1. The van der Waals surface area contributed by atoms with E-state index in [0.29, 0.717) is 18.4 Å². The smallest absolute Gasteiger partial charge is 0.0462 e. The van der Waals surface area contributed by atoms with Crippen molar-refractivity contribution in [1.82, 2.24) is 0 Å². The molecule has 0 radical (unpaired) electrons. The van der Waals surface area contributed by atoms with Crippen molar-refractivity contribution < 1.29 is 5.11 Å². The van der Waals surface area contributed by atoms with E-state index in [1.54, 1.807) is 0 Å². The maximum atomic E-state index is 9.35. The van der Waals surface area contributed by atoms with E-state index in [0.717, 1.165) is 17.3 Å². The fourth-order valence-corrected chi connectivity index (χ4v) is 2.74. The zero-order valence-electron chi connectivity index (χ0n) is 10.0. The zero-order chi connectivity index (χ0) is 12.1. The van der Waals surface area contributed by atoms with Crippen LogP contribution in [0.3, 0.4) is 0 Å². The van der Waals surface area contributed by atoms with Crippen molar-refractivity contribution in [3.63, 3.8) is 0 Å². The van der Waals surface area contributed by atoms with Gasteiger partial charge < -0.3 is 10.4 Å². The molecule has 17 heavy (non-hydrogen) atoms. The zero-order valence-corrected chi connectivity index (χ0v) is 10.8. The molecule has 1 aliphatic rings. The Morgan fingerprint density at radius 2 is 1.76 bits per heavy atom. The number of benzene rings is 1. The molecule has 0 amide bonds. The van der Waals surface area contributed by atoms with Gasteiger partial charge in [0.05, 0.1) is 0 Å². The van der Waals surface area contributed by atoms with Crippen LogP contribution in [0.4, 0.5) is 5.69 Å². The molecule has 0 heterocycles. The molecular weight excluding hydrogens is 234 g/mol. The molecule has 0 aromatic heterocycles. The van der Waals surface area contributed by atoms with E-state index < -0.39 is 0 Å². The lowest BCUT2D eigenvalue weighted by atomic mass is 9.79. The van der Waals surface area contributed by atoms with Gasteiger partial charge in [-0.15, -0.1) is 0 Å². The molecule has 1 fully saturated rings. The fourth-order valence-electron chi connectivity index (χ4n) is 2.61. The minimum absolute atomic E-state index is 0.326. The first-order valence-corrected chi connectivity index (χ1v) is 6.77. The van der Waals surface area contributed by atoms with E-state index in [1.807, 2.05) is 24.3 Å². The van der Waals surface area contributed by atoms with Gasteiger partial charge in [0.1, 0.15) is 0 Å². The summed E-state index contributed by atoms with van der Waals surface area (Å²) in [5.41, 5.74) is 1.11. The highest BCUT2D eigenvalue weighted by Gasteiger charge is 2.23. The minimum Gasteiger partial charge on any atom is -0.396 e. The number of nitrogens with one attached hydrogen (secondary N) is 1. The van der Waals surface area contributed by atoms with Crippen molar-refractivity contribution in [2.45, 2.75) is 25.7 Å². The van der Waals surface area contributed by atoms with Gasteiger partial charge in [-0.3, -0.25) is 0 Å². The monoisotopic (exact) mass is 253 g/mol. The standard InChI is InChI=1S/C14H20ClNO/c15-13-5-7-14(8-6-13)16-9-11-3-1-2-4-12(11)10-17/h5-8,11-12,16-17H,1-4,9-10H2. The predicted octanol–water partition coefficient (Wildman–Crippen LogP) is 3.55. The number of rotatable bonds is 4. The normalized spacial score (nSPS) is 24.6. The molecule has 0 bridgehead atoms. The maximum absolute atomic E-state index is 9.35. The molecule has 1 aromatic carbocycles. The average molecular weight is 254 g/mol. The summed E-state index contributed by atoms with van der Waals surface area (Å²) in [6, 6.07) is 7.79. The molecule has 2 N–H and O–H groups in total. The van der Waals surface area contributed by atoms with Crippen molar-refractivity contribution in [3.05, 3.63) is 29.3 Å². The van der Waals surface area contributed by atoms with Crippen LogP contribution in [0.2, 0.25) is 5.02 Å². The minimum atomic E-state index is 0.326. The summed E-state index contributed by atoms with van der Waals surface area (Å²) in [5, 5.41) is 13.6. The highest BCUT2D eigenvalue weighted by atomic mass is 35.5. The Kier molecular flexibility index (Phi) is 4.69. The van der Waals surface area contributed by atoms with E-state index in [2.05, 4.69) is 5.32 Å². The summed E-state index contributed by atoms with van der Waals surface area (Å²) < 4.78 is 0. The number of hydrogen-bond donors (Lipinski definition) is 2. The molecular formula is C14H20ClNO. The van der Waals surface area contributed by atoms with Gasteiger partial charge in [0, 0.05) is 23.9 Å². The first-order valence-electron chi connectivity index (χ1n) is 6.40. The molecule has 0 spiro atoms. The van der Waals surface area contributed by atoms with Crippen LogP contribution in [0.15, 0.2) is 24.3 Å². The van der Waals surface area contributed by atoms with Crippen molar-refractivity contribution >= 4 is 17.3 Å². The van der Waals surface area contributed by atoms with Gasteiger partial charge in [0.2, 0.25) is 0 Å². The second-order valence-corrected chi connectivity index (χ2v) is 5.31. The SMILES string of the molecule is OCC1CCCCC1CNc1ccc(Cl)cc1. The van der Waals surface area contributed by atoms with E-state index in [4.69, 9.17) is 11.6 Å². The van der Waals surface area contributed by atoms with Crippen LogP contribution < -0.4 is 5.32 Å². The Morgan fingerprint density at radius 1 is 1.12 bits per heavy atom. The summed E-state index contributed by atoms with van der Waals surface area (Å²) in [6.45, 7) is 1.28.